The summed E-state index contributed by atoms with van der Waals surface area (Å²) in [6.07, 6.45) is 0. The van der Waals surface area contributed by atoms with Gasteiger partial charge in [-0.15, -0.1) is 0 Å². The predicted octanol–water partition coefficient (Wildman–Crippen LogP) is 1.14. The molecule has 0 aromatic carbocycles. The van der Waals surface area contributed by atoms with Crippen LogP contribution in [0, 0.1) is 6.92 Å². The number of anilines is 1. The molecule has 10 heavy (non-hydrogen) atoms. The van der Waals surface area contributed by atoms with Crippen molar-refractivity contribution >= 4 is 5.82 Å². The summed E-state index contributed by atoms with van der Waals surface area (Å²) in [6.45, 7) is 1.76. The normalized spacial score (nSPS) is 9.40. The second-order valence-corrected chi connectivity index (χ2v) is 2.05. The molecule has 3 heteroatoms. The first kappa shape index (κ1) is 6.86. The molecule has 0 fully saturated rings. The third-order valence-electron chi connectivity index (χ3n) is 1.31. The lowest BCUT2D eigenvalue weighted by molar-refractivity contribution is 0.468. The summed E-state index contributed by atoms with van der Waals surface area (Å²) in [7, 11) is 1.79. The Morgan fingerprint density at radius 3 is 2.70 bits per heavy atom. The first-order valence-corrected chi connectivity index (χ1v) is 3.08. The summed E-state index contributed by atoms with van der Waals surface area (Å²) in [5.41, 5.74) is 0.645. The lowest BCUT2D eigenvalue weighted by Crippen LogP contribution is -1.92. The first-order valence-electron chi connectivity index (χ1n) is 3.08. The lowest BCUT2D eigenvalue weighted by atomic mass is 10.3. The van der Waals surface area contributed by atoms with Crippen LogP contribution < -0.4 is 5.32 Å². The van der Waals surface area contributed by atoms with Crippen molar-refractivity contribution in [2.24, 2.45) is 0 Å². The van der Waals surface area contributed by atoms with Crippen LogP contribution in [0.1, 0.15) is 5.69 Å². The molecule has 3 nitrogen and oxygen atoms in total. The highest BCUT2D eigenvalue weighted by molar-refractivity contribution is 5.39. The molecule has 0 spiro atoms. The van der Waals surface area contributed by atoms with E-state index >= 15 is 0 Å². The Balaban J connectivity index is 3.04. The fourth-order valence-electron chi connectivity index (χ4n) is 0.693. The molecule has 0 saturated heterocycles. The largest absolute Gasteiger partial charge is 0.506 e. The number of nitrogens with one attached hydrogen (secondary N) is 1. The van der Waals surface area contributed by atoms with Gasteiger partial charge in [0, 0.05) is 7.05 Å². The minimum Gasteiger partial charge on any atom is -0.506 e. The highest BCUT2D eigenvalue weighted by Crippen LogP contribution is 2.14. The lowest BCUT2D eigenvalue weighted by Gasteiger charge is -2.00. The molecule has 2 N–H and O–H groups in total. The van der Waals surface area contributed by atoms with Gasteiger partial charge in [0.2, 0.25) is 0 Å². The van der Waals surface area contributed by atoms with E-state index in [1.807, 2.05) is 0 Å². The van der Waals surface area contributed by atoms with E-state index in [9.17, 15) is 0 Å². The summed E-state index contributed by atoms with van der Waals surface area (Å²) in [5.74, 6) is 1.01. The molecule has 0 bridgehead atoms. The van der Waals surface area contributed by atoms with E-state index < -0.39 is 0 Å². The molecule has 54 valence electrons. The van der Waals surface area contributed by atoms with Crippen LogP contribution >= 0.6 is 0 Å². The molecule has 1 heterocycles. The van der Waals surface area contributed by atoms with Crippen LogP contribution in [0.4, 0.5) is 5.82 Å². The molecule has 0 unspecified atom stereocenters. The van der Waals surface area contributed by atoms with Crippen molar-refractivity contribution in [2.75, 3.05) is 12.4 Å². The van der Waals surface area contributed by atoms with Crippen molar-refractivity contribution in [2.45, 2.75) is 6.92 Å². The quantitative estimate of drug-likeness (QED) is 0.611. The Labute approximate surface area is 59.7 Å². The molecule has 0 aliphatic heterocycles. The highest BCUT2D eigenvalue weighted by Gasteiger charge is 1.95. The van der Waals surface area contributed by atoms with E-state index in [4.69, 9.17) is 5.11 Å². The molecule has 1 aromatic heterocycles. The fraction of sp³-hybridized carbons (Fsp3) is 0.286. The van der Waals surface area contributed by atoms with Crippen LogP contribution in [0.2, 0.25) is 0 Å². The summed E-state index contributed by atoms with van der Waals surface area (Å²) in [6, 6.07) is 3.34. The summed E-state index contributed by atoms with van der Waals surface area (Å²) >= 11 is 0. The van der Waals surface area contributed by atoms with Gasteiger partial charge >= 0.3 is 0 Å². The van der Waals surface area contributed by atoms with Crippen molar-refractivity contribution in [1.82, 2.24) is 4.98 Å². The number of aromatic hydroxyl groups is 1. The molecular formula is C7H10N2O. The maximum atomic E-state index is 9.05. The van der Waals surface area contributed by atoms with E-state index in [2.05, 4.69) is 10.3 Å². The molecule has 0 aliphatic carbocycles. The van der Waals surface area contributed by atoms with Gasteiger partial charge in [-0.3, -0.25) is 0 Å². The van der Waals surface area contributed by atoms with Gasteiger partial charge in [-0.1, -0.05) is 0 Å². The number of aromatic nitrogens is 1. The third-order valence-corrected chi connectivity index (χ3v) is 1.31. The zero-order valence-electron chi connectivity index (χ0n) is 6.05. The molecule has 0 aliphatic rings. The van der Waals surface area contributed by atoms with Gasteiger partial charge in [0.05, 0.1) is 5.69 Å². The minimum atomic E-state index is 0.235. The van der Waals surface area contributed by atoms with Crippen molar-refractivity contribution in [3.63, 3.8) is 0 Å². The Hall–Kier alpha value is -1.25. The Kier molecular flexibility index (Phi) is 1.76. The number of hydrogen-bond acceptors (Lipinski definition) is 3. The number of rotatable bonds is 1. The summed E-state index contributed by atoms with van der Waals surface area (Å²) in [4.78, 5) is 4.03. The predicted molar refractivity (Wildman–Crippen MR) is 40.2 cm³/mol. The van der Waals surface area contributed by atoms with E-state index in [1.54, 1.807) is 26.1 Å². The minimum absolute atomic E-state index is 0.235. The number of aryl methyl sites for hydroxylation is 1. The van der Waals surface area contributed by atoms with Crippen molar-refractivity contribution in [1.29, 1.82) is 0 Å². The van der Waals surface area contributed by atoms with Gasteiger partial charge in [-0.25, -0.2) is 4.98 Å². The van der Waals surface area contributed by atoms with Crippen LogP contribution in [-0.2, 0) is 0 Å². The first-order chi connectivity index (χ1) is 4.74. The van der Waals surface area contributed by atoms with E-state index in [-0.39, 0.29) is 5.75 Å². The molecule has 1 aromatic rings. The van der Waals surface area contributed by atoms with Gasteiger partial charge in [0.15, 0.2) is 0 Å². The van der Waals surface area contributed by atoms with Crippen LogP contribution in [0.3, 0.4) is 0 Å². The third kappa shape index (κ3) is 1.18. The van der Waals surface area contributed by atoms with Crippen LogP contribution in [0.25, 0.3) is 0 Å². The summed E-state index contributed by atoms with van der Waals surface area (Å²) in [5, 5.41) is 11.9. The molecule has 1 rings (SSSR count). The van der Waals surface area contributed by atoms with Crippen molar-refractivity contribution in [3.8, 4) is 5.75 Å². The maximum absolute atomic E-state index is 9.05. The standard InChI is InChI=1S/C7H10N2O/c1-5-6(10)3-4-7(8-2)9-5/h3-4,10H,1-2H3,(H,8,9). The average Bonchev–Trinajstić information content (AvgIpc) is 1.95. The number of nitrogens with zero attached hydrogens (tertiary/aromatic N) is 1. The van der Waals surface area contributed by atoms with Crippen LogP contribution in [0.15, 0.2) is 12.1 Å². The van der Waals surface area contributed by atoms with E-state index in [0.29, 0.717) is 5.69 Å². The molecular weight excluding hydrogens is 128 g/mol. The van der Waals surface area contributed by atoms with Crippen LogP contribution in [0.5, 0.6) is 5.75 Å². The monoisotopic (exact) mass is 138 g/mol. The Bertz CT molecular complexity index is 235. The SMILES string of the molecule is CNc1ccc(O)c(C)n1. The van der Waals surface area contributed by atoms with E-state index in [0.717, 1.165) is 5.82 Å². The molecule has 0 amide bonds. The highest BCUT2D eigenvalue weighted by atomic mass is 16.3. The molecule has 0 radical (unpaired) electrons. The van der Waals surface area contributed by atoms with Gasteiger partial charge in [-0.2, -0.15) is 0 Å². The number of hydrogen-bond donors (Lipinski definition) is 2. The average molecular weight is 138 g/mol. The zero-order valence-corrected chi connectivity index (χ0v) is 6.05. The smallest absolute Gasteiger partial charge is 0.136 e. The second kappa shape index (κ2) is 2.56. The molecule has 0 atom stereocenters. The van der Waals surface area contributed by atoms with E-state index in [1.165, 1.54) is 0 Å². The second-order valence-electron chi connectivity index (χ2n) is 2.05. The molecule has 0 saturated carbocycles. The van der Waals surface area contributed by atoms with Gasteiger partial charge in [-0.05, 0) is 19.1 Å². The summed E-state index contributed by atoms with van der Waals surface area (Å²) < 4.78 is 0. The van der Waals surface area contributed by atoms with Crippen molar-refractivity contribution < 1.29 is 5.11 Å². The Morgan fingerprint density at radius 2 is 2.20 bits per heavy atom. The van der Waals surface area contributed by atoms with Crippen molar-refractivity contribution in [3.05, 3.63) is 17.8 Å². The topological polar surface area (TPSA) is 45.1 Å². The van der Waals surface area contributed by atoms with Crippen LogP contribution in [-0.4, -0.2) is 17.1 Å². The number of pyridine rings is 1. The van der Waals surface area contributed by atoms with Gasteiger partial charge < -0.3 is 10.4 Å². The van der Waals surface area contributed by atoms with Gasteiger partial charge in [0.1, 0.15) is 11.6 Å². The fourth-order valence-corrected chi connectivity index (χ4v) is 0.693. The maximum Gasteiger partial charge on any atom is 0.136 e. The Morgan fingerprint density at radius 1 is 1.50 bits per heavy atom. The van der Waals surface area contributed by atoms with Gasteiger partial charge in [0.25, 0.3) is 0 Å². The zero-order chi connectivity index (χ0) is 7.56.